The first kappa shape index (κ1) is 24.0. The number of nitrogens with zero attached hydrogens (tertiary/aromatic N) is 1. The fourth-order valence-corrected chi connectivity index (χ4v) is 3.79. The third-order valence-corrected chi connectivity index (χ3v) is 5.57. The molecule has 0 spiro atoms. The summed E-state index contributed by atoms with van der Waals surface area (Å²) in [4.78, 5) is 29.6. The molecule has 11 heteroatoms. The average molecular weight is 503 g/mol. The summed E-state index contributed by atoms with van der Waals surface area (Å²) < 4.78 is 65.2. The van der Waals surface area contributed by atoms with E-state index in [4.69, 9.17) is 0 Å². The Morgan fingerprint density at radius 2 is 1.46 bits per heavy atom. The molecule has 178 valence electrons. The van der Waals surface area contributed by atoms with E-state index in [9.17, 15) is 31.5 Å². The molecule has 0 bridgehead atoms. The van der Waals surface area contributed by atoms with Crippen LogP contribution in [-0.2, 0) is 6.18 Å². The summed E-state index contributed by atoms with van der Waals surface area (Å²) in [6, 6.07) is 12.2. The van der Waals surface area contributed by atoms with Gasteiger partial charge in [0.1, 0.15) is 11.6 Å². The van der Waals surface area contributed by atoms with Gasteiger partial charge in [0.05, 0.1) is 22.5 Å². The van der Waals surface area contributed by atoms with E-state index in [0.29, 0.717) is 11.3 Å². The number of carbonyl (C=O) groups is 2. The normalized spacial score (nSPS) is 11.2. The van der Waals surface area contributed by atoms with Crippen molar-refractivity contribution in [2.75, 3.05) is 10.6 Å². The van der Waals surface area contributed by atoms with Crippen LogP contribution in [0.25, 0.3) is 11.3 Å². The second kappa shape index (κ2) is 9.63. The molecule has 0 unspecified atom stereocenters. The fraction of sp³-hybridized carbons (Fsp3) is 0.0417. The molecule has 5 nitrogen and oxygen atoms in total. The zero-order valence-corrected chi connectivity index (χ0v) is 18.3. The summed E-state index contributed by atoms with van der Waals surface area (Å²) in [5, 5.41) is 6.77. The summed E-state index contributed by atoms with van der Waals surface area (Å²) in [7, 11) is 0. The van der Waals surface area contributed by atoms with E-state index in [1.807, 2.05) is 0 Å². The molecule has 0 atom stereocenters. The van der Waals surface area contributed by atoms with Gasteiger partial charge in [-0.3, -0.25) is 14.9 Å². The maximum Gasteiger partial charge on any atom is 0.416 e. The predicted octanol–water partition coefficient (Wildman–Crippen LogP) is 6.61. The van der Waals surface area contributed by atoms with Gasteiger partial charge >= 0.3 is 6.18 Å². The van der Waals surface area contributed by atoms with E-state index in [2.05, 4.69) is 15.6 Å². The molecule has 0 saturated carbocycles. The molecule has 2 amide bonds. The van der Waals surface area contributed by atoms with E-state index in [1.165, 1.54) is 24.3 Å². The first-order valence-electron chi connectivity index (χ1n) is 9.91. The average Bonchev–Trinajstić information content (AvgIpc) is 3.27. The second-order valence-corrected chi connectivity index (χ2v) is 8.08. The highest BCUT2D eigenvalue weighted by Crippen LogP contribution is 2.30. The number of thiazole rings is 1. The third-order valence-electron chi connectivity index (χ3n) is 4.81. The van der Waals surface area contributed by atoms with Gasteiger partial charge in [0.2, 0.25) is 0 Å². The Labute approximate surface area is 199 Å². The van der Waals surface area contributed by atoms with Gasteiger partial charge in [0.15, 0.2) is 5.13 Å². The molecular formula is C24H14F5N3O2S. The molecule has 4 aromatic rings. The minimum atomic E-state index is -4.56. The first-order chi connectivity index (χ1) is 16.6. The third kappa shape index (κ3) is 5.69. The van der Waals surface area contributed by atoms with Gasteiger partial charge in [-0.15, -0.1) is 11.3 Å². The second-order valence-electron chi connectivity index (χ2n) is 7.22. The van der Waals surface area contributed by atoms with Crippen LogP contribution in [0.1, 0.15) is 26.3 Å². The Balaban J connectivity index is 1.52. The van der Waals surface area contributed by atoms with E-state index in [1.54, 1.807) is 5.38 Å². The van der Waals surface area contributed by atoms with Crippen molar-refractivity contribution in [3.8, 4) is 11.3 Å². The Bertz CT molecular complexity index is 1380. The van der Waals surface area contributed by atoms with Crippen LogP contribution >= 0.6 is 11.3 Å². The number of benzene rings is 3. The Morgan fingerprint density at radius 3 is 2.11 bits per heavy atom. The number of halogens is 5. The van der Waals surface area contributed by atoms with Crippen molar-refractivity contribution in [2.45, 2.75) is 6.18 Å². The van der Waals surface area contributed by atoms with Gasteiger partial charge in [0, 0.05) is 16.5 Å². The number of hydrogen-bond donors (Lipinski definition) is 2. The zero-order chi connectivity index (χ0) is 25.2. The van der Waals surface area contributed by atoms with Crippen molar-refractivity contribution >= 4 is 34.0 Å². The SMILES string of the molecule is O=C(Nc1cc(F)ccc1C(=O)Nc1nc(-c2ccc(F)cc2)cs1)c1ccc(C(F)(F)F)cc1. The molecule has 0 aliphatic heterocycles. The number of carbonyl (C=O) groups excluding carboxylic acids is 2. The van der Waals surface area contributed by atoms with Crippen LogP contribution in [0.5, 0.6) is 0 Å². The van der Waals surface area contributed by atoms with Crippen molar-refractivity contribution in [1.82, 2.24) is 4.98 Å². The molecule has 3 aromatic carbocycles. The lowest BCUT2D eigenvalue weighted by Crippen LogP contribution is -2.18. The van der Waals surface area contributed by atoms with E-state index >= 15 is 0 Å². The molecular weight excluding hydrogens is 489 g/mol. The first-order valence-corrected chi connectivity index (χ1v) is 10.8. The Morgan fingerprint density at radius 1 is 0.800 bits per heavy atom. The Kier molecular flexibility index (Phi) is 6.61. The molecule has 4 rings (SSSR count). The zero-order valence-electron chi connectivity index (χ0n) is 17.5. The topological polar surface area (TPSA) is 71.1 Å². The minimum absolute atomic E-state index is 0.0924. The van der Waals surface area contributed by atoms with Crippen molar-refractivity contribution < 1.29 is 31.5 Å². The molecule has 1 heterocycles. The largest absolute Gasteiger partial charge is 0.416 e. The number of aromatic nitrogens is 1. The Hall–Kier alpha value is -4.12. The number of hydrogen-bond acceptors (Lipinski definition) is 4. The van der Waals surface area contributed by atoms with Gasteiger partial charge in [-0.1, -0.05) is 0 Å². The monoisotopic (exact) mass is 503 g/mol. The number of anilines is 2. The lowest BCUT2D eigenvalue weighted by Gasteiger charge is -2.12. The quantitative estimate of drug-likeness (QED) is 0.301. The van der Waals surface area contributed by atoms with Crippen LogP contribution in [0.2, 0.25) is 0 Å². The molecule has 0 radical (unpaired) electrons. The highest BCUT2D eigenvalue weighted by atomic mass is 32.1. The maximum absolute atomic E-state index is 13.8. The van der Waals surface area contributed by atoms with Crippen molar-refractivity contribution in [3.63, 3.8) is 0 Å². The summed E-state index contributed by atoms with van der Waals surface area (Å²) in [5.41, 5.74) is -0.177. The van der Waals surface area contributed by atoms with Gasteiger partial charge in [0.25, 0.3) is 11.8 Å². The van der Waals surface area contributed by atoms with Crippen LogP contribution in [0.15, 0.2) is 72.1 Å². The van der Waals surface area contributed by atoms with Crippen molar-refractivity contribution in [1.29, 1.82) is 0 Å². The smallest absolute Gasteiger partial charge is 0.321 e. The lowest BCUT2D eigenvalue weighted by atomic mass is 10.1. The standard InChI is InChI=1S/C24H14F5N3O2S/c25-16-7-3-13(4-8-16)20-12-35-23(31-20)32-22(34)18-10-9-17(26)11-19(18)30-21(33)14-1-5-15(6-2-14)24(27,28)29/h1-12H,(H,30,33)(H,31,32,34). The van der Waals surface area contributed by atoms with Crippen molar-refractivity contribution in [2.24, 2.45) is 0 Å². The van der Waals surface area contributed by atoms with E-state index < -0.39 is 35.2 Å². The van der Waals surface area contributed by atoms with Gasteiger partial charge < -0.3 is 5.32 Å². The van der Waals surface area contributed by atoms with Crippen LogP contribution in [-0.4, -0.2) is 16.8 Å². The maximum atomic E-state index is 13.8. The highest BCUT2D eigenvalue weighted by molar-refractivity contribution is 7.14. The molecule has 0 aliphatic carbocycles. The molecule has 0 saturated heterocycles. The predicted molar refractivity (Wildman–Crippen MR) is 121 cm³/mol. The van der Waals surface area contributed by atoms with Crippen LogP contribution in [0.3, 0.4) is 0 Å². The molecule has 2 N–H and O–H groups in total. The number of amides is 2. The van der Waals surface area contributed by atoms with Crippen LogP contribution in [0.4, 0.5) is 32.8 Å². The lowest BCUT2D eigenvalue weighted by molar-refractivity contribution is -0.137. The molecule has 1 aromatic heterocycles. The highest BCUT2D eigenvalue weighted by Gasteiger charge is 2.30. The number of rotatable bonds is 5. The van der Waals surface area contributed by atoms with Gasteiger partial charge in [-0.05, 0) is 66.7 Å². The van der Waals surface area contributed by atoms with Gasteiger partial charge in [-0.2, -0.15) is 13.2 Å². The summed E-state index contributed by atoms with van der Waals surface area (Å²) in [6.07, 6.45) is -4.56. The molecule has 35 heavy (non-hydrogen) atoms. The van der Waals surface area contributed by atoms with E-state index in [0.717, 1.165) is 53.8 Å². The van der Waals surface area contributed by atoms with Gasteiger partial charge in [-0.25, -0.2) is 13.8 Å². The number of alkyl halides is 3. The summed E-state index contributed by atoms with van der Waals surface area (Å²) in [6.45, 7) is 0. The molecule has 0 fully saturated rings. The summed E-state index contributed by atoms with van der Waals surface area (Å²) in [5.74, 6) is -2.67. The van der Waals surface area contributed by atoms with E-state index in [-0.39, 0.29) is 21.9 Å². The summed E-state index contributed by atoms with van der Waals surface area (Å²) >= 11 is 1.10. The number of nitrogens with one attached hydrogen (secondary N) is 2. The minimum Gasteiger partial charge on any atom is -0.321 e. The molecule has 0 aliphatic rings. The van der Waals surface area contributed by atoms with Crippen LogP contribution in [0, 0.1) is 11.6 Å². The van der Waals surface area contributed by atoms with Crippen LogP contribution < -0.4 is 10.6 Å². The van der Waals surface area contributed by atoms with Crippen molar-refractivity contribution in [3.05, 3.63) is 100 Å². The fourth-order valence-electron chi connectivity index (χ4n) is 3.07.